The number of hydrogen-bond donors (Lipinski definition) is 0. The van der Waals surface area contributed by atoms with Crippen LogP contribution in [0.5, 0.6) is 5.75 Å². The molecule has 1 saturated heterocycles. The predicted octanol–water partition coefficient (Wildman–Crippen LogP) is 2.84. The van der Waals surface area contributed by atoms with Crippen LogP contribution in [0.4, 0.5) is 0 Å². The number of carbonyl (C=O) groups excluding carboxylic acids is 1. The van der Waals surface area contributed by atoms with E-state index in [1.54, 1.807) is 14.0 Å². The SMILES string of the molecule is COc1ccc(C(C)=O)cc1CN1CCSC(C)C1. The minimum absolute atomic E-state index is 0.103. The molecule has 1 aliphatic rings. The Kier molecular flexibility index (Phi) is 4.88. The molecule has 2 rings (SSSR count). The van der Waals surface area contributed by atoms with Gasteiger partial charge in [0.25, 0.3) is 0 Å². The summed E-state index contributed by atoms with van der Waals surface area (Å²) in [5.74, 6) is 2.15. The van der Waals surface area contributed by atoms with E-state index in [4.69, 9.17) is 4.74 Å². The van der Waals surface area contributed by atoms with Gasteiger partial charge < -0.3 is 4.74 Å². The Morgan fingerprint density at radius 3 is 2.95 bits per heavy atom. The number of nitrogens with zero attached hydrogens (tertiary/aromatic N) is 1. The predicted molar refractivity (Wildman–Crippen MR) is 80.2 cm³/mol. The van der Waals surface area contributed by atoms with E-state index in [1.807, 2.05) is 30.0 Å². The second-order valence-corrected chi connectivity index (χ2v) is 6.55. The minimum Gasteiger partial charge on any atom is -0.496 e. The van der Waals surface area contributed by atoms with E-state index in [-0.39, 0.29) is 5.78 Å². The van der Waals surface area contributed by atoms with Crippen LogP contribution in [0.2, 0.25) is 0 Å². The van der Waals surface area contributed by atoms with Crippen LogP contribution in [0.3, 0.4) is 0 Å². The zero-order chi connectivity index (χ0) is 13.8. The lowest BCUT2D eigenvalue weighted by Gasteiger charge is -2.30. The van der Waals surface area contributed by atoms with Crippen molar-refractivity contribution in [1.29, 1.82) is 0 Å². The highest BCUT2D eigenvalue weighted by Gasteiger charge is 2.18. The lowest BCUT2D eigenvalue weighted by molar-refractivity contribution is 0.101. The van der Waals surface area contributed by atoms with Gasteiger partial charge in [0.05, 0.1) is 7.11 Å². The van der Waals surface area contributed by atoms with Gasteiger partial charge in [0.15, 0.2) is 5.78 Å². The van der Waals surface area contributed by atoms with Crippen LogP contribution in [-0.2, 0) is 6.54 Å². The number of Topliss-reactive ketones (excluding diaryl/α,β-unsaturated/α-hetero) is 1. The van der Waals surface area contributed by atoms with Gasteiger partial charge in [-0.25, -0.2) is 0 Å². The van der Waals surface area contributed by atoms with Gasteiger partial charge in [-0.05, 0) is 25.1 Å². The fraction of sp³-hybridized carbons (Fsp3) is 0.533. The van der Waals surface area contributed by atoms with E-state index < -0.39 is 0 Å². The van der Waals surface area contributed by atoms with E-state index in [0.29, 0.717) is 5.25 Å². The summed E-state index contributed by atoms with van der Waals surface area (Å²) in [5, 5.41) is 0.677. The molecule has 1 heterocycles. The Morgan fingerprint density at radius 2 is 2.32 bits per heavy atom. The second-order valence-electron chi connectivity index (χ2n) is 5.00. The molecule has 1 aromatic rings. The molecule has 19 heavy (non-hydrogen) atoms. The molecule has 0 bridgehead atoms. The van der Waals surface area contributed by atoms with Crippen LogP contribution in [0.25, 0.3) is 0 Å². The van der Waals surface area contributed by atoms with Crippen LogP contribution < -0.4 is 4.74 Å². The van der Waals surface area contributed by atoms with Crippen molar-refractivity contribution < 1.29 is 9.53 Å². The van der Waals surface area contributed by atoms with Crippen LogP contribution >= 0.6 is 11.8 Å². The van der Waals surface area contributed by atoms with Crippen molar-refractivity contribution in [3.8, 4) is 5.75 Å². The van der Waals surface area contributed by atoms with Crippen molar-refractivity contribution in [2.45, 2.75) is 25.6 Å². The summed E-state index contributed by atoms with van der Waals surface area (Å²) in [6.45, 7) is 6.92. The highest BCUT2D eigenvalue weighted by Crippen LogP contribution is 2.25. The lowest BCUT2D eigenvalue weighted by Crippen LogP contribution is -2.36. The molecule has 0 spiro atoms. The molecule has 1 aliphatic heterocycles. The number of carbonyl (C=O) groups is 1. The molecule has 0 radical (unpaired) electrons. The van der Waals surface area contributed by atoms with Gasteiger partial charge in [0, 0.05) is 41.8 Å². The molecule has 0 aliphatic carbocycles. The number of benzene rings is 1. The Bertz CT molecular complexity index is 461. The Morgan fingerprint density at radius 1 is 1.53 bits per heavy atom. The van der Waals surface area contributed by atoms with E-state index in [1.165, 1.54) is 5.75 Å². The third-order valence-corrected chi connectivity index (χ3v) is 4.54. The summed E-state index contributed by atoms with van der Waals surface area (Å²) in [6, 6.07) is 5.70. The molecule has 104 valence electrons. The first-order valence-electron chi connectivity index (χ1n) is 6.62. The first kappa shape index (κ1) is 14.4. The van der Waals surface area contributed by atoms with Crippen molar-refractivity contribution in [3.63, 3.8) is 0 Å². The molecule has 0 amide bonds. The molecule has 1 aromatic carbocycles. The number of rotatable bonds is 4. The zero-order valence-corrected chi connectivity index (χ0v) is 12.6. The highest BCUT2D eigenvalue weighted by atomic mass is 32.2. The quantitative estimate of drug-likeness (QED) is 0.793. The van der Waals surface area contributed by atoms with Crippen LogP contribution in [-0.4, -0.2) is 41.9 Å². The molecule has 4 heteroatoms. The maximum Gasteiger partial charge on any atom is 0.159 e. The average Bonchev–Trinajstić information content (AvgIpc) is 2.38. The fourth-order valence-corrected chi connectivity index (χ4v) is 3.48. The smallest absolute Gasteiger partial charge is 0.159 e. The average molecular weight is 279 g/mol. The van der Waals surface area contributed by atoms with Crippen LogP contribution in [0.15, 0.2) is 18.2 Å². The molecule has 0 saturated carbocycles. The second kappa shape index (κ2) is 6.44. The zero-order valence-electron chi connectivity index (χ0n) is 11.8. The molecule has 3 nitrogen and oxygen atoms in total. The Hall–Kier alpha value is -1.00. The topological polar surface area (TPSA) is 29.5 Å². The summed E-state index contributed by atoms with van der Waals surface area (Å²) >= 11 is 2.02. The maximum atomic E-state index is 11.5. The lowest BCUT2D eigenvalue weighted by atomic mass is 10.1. The van der Waals surface area contributed by atoms with Gasteiger partial charge in [0.1, 0.15) is 5.75 Å². The van der Waals surface area contributed by atoms with E-state index in [2.05, 4.69) is 11.8 Å². The van der Waals surface area contributed by atoms with Gasteiger partial charge in [0.2, 0.25) is 0 Å². The minimum atomic E-state index is 0.103. The third kappa shape index (κ3) is 3.74. The molecule has 1 fully saturated rings. The van der Waals surface area contributed by atoms with Crippen LogP contribution in [0.1, 0.15) is 29.8 Å². The van der Waals surface area contributed by atoms with Crippen LogP contribution in [0, 0.1) is 0 Å². The summed E-state index contributed by atoms with van der Waals surface area (Å²) in [4.78, 5) is 13.9. The molecular formula is C15H21NO2S. The largest absolute Gasteiger partial charge is 0.496 e. The van der Waals surface area contributed by atoms with Gasteiger partial charge >= 0.3 is 0 Å². The Labute approximate surface area is 119 Å². The number of methoxy groups -OCH3 is 1. The van der Waals surface area contributed by atoms with Crippen molar-refractivity contribution >= 4 is 17.5 Å². The summed E-state index contributed by atoms with van der Waals surface area (Å²) in [5.41, 5.74) is 1.87. The summed E-state index contributed by atoms with van der Waals surface area (Å²) < 4.78 is 5.41. The number of hydrogen-bond acceptors (Lipinski definition) is 4. The van der Waals surface area contributed by atoms with Crippen molar-refractivity contribution in [2.75, 3.05) is 26.0 Å². The van der Waals surface area contributed by atoms with Gasteiger partial charge in [-0.1, -0.05) is 6.92 Å². The normalized spacial score (nSPS) is 20.3. The standard InChI is InChI=1S/C15H21NO2S/c1-11-9-16(6-7-19-11)10-14-8-13(12(2)17)4-5-15(14)18-3/h4-5,8,11H,6-7,9-10H2,1-3H3. The maximum absolute atomic E-state index is 11.5. The highest BCUT2D eigenvalue weighted by molar-refractivity contribution is 7.99. The molecule has 0 aromatic heterocycles. The summed E-state index contributed by atoms with van der Waals surface area (Å²) in [6.07, 6.45) is 0. The van der Waals surface area contributed by atoms with Crippen molar-refractivity contribution in [1.82, 2.24) is 4.90 Å². The van der Waals surface area contributed by atoms with Crippen molar-refractivity contribution in [2.24, 2.45) is 0 Å². The van der Waals surface area contributed by atoms with Gasteiger partial charge in [-0.15, -0.1) is 0 Å². The fourth-order valence-electron chi connectivity index (χ4n) is 2.40. The van der Waals surface area contributed by atoms with E-state index in [0.717, 1.165) is 36.5 Å². The van der Waals surface area contributed by atoms with Crippen molar-refractivity contribution in [3.05, 3.63) is 29.3 Å². The molecular weight excluding hydrogens is 258 g/mol. The monoisotopic (exact) mass is 279 g/mol. The number of thioether (sulfide) groups is 1. The first-order valence-corrected chi connectivity index (χ1v) is 7.67. The molecule has 1 unspecified atom stereocenters. The molecule has 1 atom stereocenters. The molecule has 0 N–H and O–H groups in total. The van der Waals surface area contributed by atoms with Gasteiger partial charge in [-0.3, -0.25) is 9.69 Å². The Balaban J connectivity index is 2.17. The van der Waals surface area contributed by atoms with E-state index in [9.17, 15) is 4.79 Å². The first-order chi connectivity index (χ1) is 9.10. The third-order valence-electron chi connectivity index (χ3n) is 3.41. The summed E-state index contributed by atoms with van der Waals surface area (Å²) in [7, 11) is 1.68. The number of ether oxygens (including phenoxy) is 1. The van der Waals surface area contributed by atoms with Gasteiger partial charge in [-0.2, -0.15) is 11.8 Å². The number of ketones is 1. The van der Waals surface area contributed by atoms with E-state index >= 15 is 0 Å².